The summed E-state index contributed by atoms with van der Waals surface area (Å²) in [6, 6.07) is 4.95. The van der Waals surface area contributed by atoms with E-state index >= 15 is 0 Å². The average Bonchev–Trinajstić information content (AvgIpc) is 3.15. The van der Waals surface area contributed by atoms with Crippen molar-refractivity contribution >= 4 is 5.91 Å². The molecule has 3 heterocycles. The molecular weight excluding hydrogens is 346 g/mol. The number of carbonyl (C=O) groups excluding carboxylic acids is 1. The number of hydrogen-bond donors (Lipinski definition) is 2. The van der Waals surface area contributed by atoms with E-state index in [9.17, 15) is 9.59 Å². The van der Waals surface area contributed by atoms with Gasteiger partial charge in [-0.15, -0.1) is 0 Å². The number of hydrogen-bond acceptors (Lipinski definition) is 5. The van der Waals surface area contributed by atoms with E-state index in [2.05, 4.69) is 32.6 Å². The van der Waals surface area contributed by atoms with Crippen molar-refractivity contribution in [2.45, 2.75) is 34.2 Å². The van der Waals surface area contributed by atoms with Crippen molar-refractivity contribution in [2.24, 2.45) is 5.92 Å². The first kappa shape index (κ1) is 18.6. The second-order valence-corrected chi connectivity index (χ2v) is 6.76. The molecule has 0 aliphatic carbocycles. The molecule has 9 nitrogen and oxygen atoms in total. The normalized spacial score (nSPS) is 12.1. The van der Waals surface area contributed by atoms with Crippen LogP contribution < -0.4 is 10.9 Å². The van der Waals surface area contributed by atoms with Gasteiger partial charge in [-0.25, -0.2) is 9.78 Å². The summed E-state index contributed by atoms with van der Waals surface area (Å²) in [5.74, 6) is 0.482. The Kier molecular flexibility index (Phi) is 5.20. The zero-order valence-corrected chi connectivity index (χ0v) is 15.9. The van der Waals surface area contributed by atoms with E-state index in [0.717, 1.165) is 17.9 Å². The lowest BCUT2D eigenvalue weighted by Gasteiger charge is -2.14. The second kappa shape index (κ2) is 7.56. The minimum atomic E-state index is -0.293. The van der Waals surface area contributed by atoms with Crippen molar-refractivity contribution < 1.29 is 4.79 Å². The van der Waals surface area contributed by atoms with Gasteiger partial charge >= 0.3 is 0 Å². The quantitative estimate of drug-likeness (QED) is 0.677. The fourth-order valence-electron chi connectivity index (χ4n) is 2.90. The Labute approximate surface area is 156 Å². The first-order valence-electron chi connectivity index (χ1n) is 8.75. The van der Waals surface area contributed by atoms with Gasteiger partial charge in [0.05, 0.1) is 23.1 Å². The van der Waals surface area contributed by atoms with Gasteiger partial charge in [-0.05, 0) is 38.8 Å². The van der Waals surface area contributed by atoms with Crippen LogP contribution in [0.4, 0.5) is 0 Å². The molecule has 0 fully saturated rings. The molecule has 1 atom stereocenters. The van der Waals surface area contributed by atoms with Crippen LogP contribution in [-0.4, -0.2) is 42.2 Å². The van der Waals surface area contributed by atoms with Crippen LogP contribution in [0.5, 0.6) is 0 Å². The van der Waals surface area contributed by atoms with Crippen molar-refractivity contribution in [1.82, 2.24) is 35.1 Å². The lowest BCUT2D eigenvalue weighted by molar-refractivity contribution is 0.0946. The minimum absolute atomic E-state index is 0.191. The molecule has 3 aromatic rings. The molecule has 142 valence electrons. The number of carbonyl (C=O) groups is 1. The van der Waals surface area contributed by atoms with Crippen LogP contribution in [0.15, 0.2) is 29.2 Å². The molecule has 0 spiro atoms. The van der Waals surface area contributed by atoms with E-state index in [-0.39, 0.29) is 17.4 Å². The van der Waals surface area contributed by atoms with Gasteiger partial charge in [-0.1, -0.05) is 6.92 Å². The Morgan fingerprint density at radius 3 is 2.70 bits per heavy atom. The molecule has 0 radical (unpaired) electrons. The molecule has 1 unspecified atom stereocenters. The lowest BCUT2D eigenvalue weighted by Crippen LogP contribution is -2.30. The standard InChI is InChI=1S/C18H23N7O2/c1-11(10-24-13(3)7-12(2)23-24)8-19-18(27)15-9-20-25(14(15)4)16-5-6-17(26)22-21-16/h5-7,9,11H,8,10H2,1-4H3,(H,19,27)(H,22,26). The van der Waals surface area contributed by atoms with Gasteiger partial charge < -0.3 is 5.32 Å². The van der Waals surface area contributed by atoms with E-state index in [4.69, 9.17) is 0 Å². The Bertz CT molecular complexity index is 995. The number of amides is 1. The number of aromatic amines is 1. The van der Waals surface area contributed by atoms with E-state index in [1.807, 2.05) is 24.6 Å². The molecule has 0 aliphatic rings. The maximum atomic E-state index is 12.5. The third-order valence-corrected chi connectivity index (χ3v) is 4.33. The highest BCUT2D eigenvalue weighted by Gasteiger charge is 2.17. The van der Waals surface area contributed by atoms with Crippen molar-refractivity contribution in [3.63, 3.8) is 0 Å². The maximum absolute atomic E-state index is 12.5. The van der Waals surface area contributed by atoms with Gasteiger partial charge in [-0.2, -0.15) is 15.3 Å². The summed E-state index contributed by atoms with van der Waals surface area (Å²) in [7, 11) is 0. The summed E-state index contributed by atoms with van der Waals surface area (Å²) in [5.41, 5.74) is 2.93. The zero-order valence-electron chi connectivity index (χ0n) is 15.9. The van der Waals surface area contributed by atoms with Gasteiger partial charge in [0, 0.05) is 24.8 Å². The fraction of sp³-hybridized carbons (Fsp3) is 0.389. The van der Waals surface area contributed by atoms with Crippen molar-refractivity contribution in [3.05, 3.63) is 57.4 Å². The summed E-state index contributed by atoms with van der Waals surface area (Å²) < 4.78 is 3.47. The summed E-state index contributed by atoms with van der Waals surface area (Å²) >= 11 is 0. The number of rotatable bonds is 6. The molecule has 1 amide bonds. The van der Waals surface area contributed by atoms with Crippen LogP contribution in [-0.2, 0) is 6.54 Å². The van der Waals surface area contributed by atoms with Crippen molar-refractivity contribution in [2.75, 3.05) is 6.54 Å². The number of nitrogens with zero attached hydrogens (tertiary/aromatic N) is 5. The molecule has 27 heavy (non-hydrogen) atoms. The zero-order chi connectivity index (χ0) is 19.6. The highest BCUT2D eigenvalue weighted by Crippen LogP contribution is 2.12. The van der Waals surface area contributed by atoms with Gasteiger partial charge in [0.1, 0.15) is 0 Å². The Morgan fingerprint density at radius 2 is 2.07 bits per heavy atom. The first-order chi connectivity index (χ1) is 12.8. The molecule has 0 bridgehead atoms. The average molecular weight is 369 g/mol. The summed E-state index contributed by atoms with van der Waals surface area (Å²) in [6.07, 6.45) is 1.50. The van der Waals surface area contributed by atoms with Crippen LogP contribution in [0.3, 0.4) is 0 Å². The molecule has 0 saturated carbocycles. The highest BCUT2D eigenvalue weighted by atomic mass is 16.1. The Balaban J connectivity index is 1.63. The SMILES string of the molecule is Cc1cc(C)n(CC(C)CNC(=O)c2cnn(-c3ccc(=O)[nH]n3)c2C)n1. The molecule has 0 aromatic carbocycles. The van der Waals surface area contributed by atoms with Crippen LogP contribution in [0, 0.1) is 26.7 Å². The molecule has 3 rings (SSSR count). The third-order valence-electron chi connectivity index (χ3n) is 4.33. The predicted octanol–water partition coefficient (Wildman–Crippen LogP) is 1.14. The number of H-pyrrole nitrogens is 1. The van der Waals surface area contributed by atoms with E-state index in [1.54, 1.807) is 13.0 Å². The highest BCUT2D eigenvalue weighted by molar-refractivity contribution is 5.95. The monoisotopic (exact) mass is 369 g/mol. The van der Waals surface area contributed by atoms with Gasteiger partial charge in [-0.3, -0.25) is 14.3 Å². The van der Waals surface area contributed by atoms with Crippen LogP contribution in [0.2, 0.25) is 0 Å². The van der Waals surface area contributed by atoms with Crippen LogP contribution >= 0.6 is 0 Å². The molecule has 9 heteroatoms. The van der Waals surface area contributed by atoms with Gasteiger partial charge in [0.2, 0.25) is 0 Å². The van der Waals surface area contributed by atoms with Crippen LogP contribution in [0.1, 0.15) is 34.4 Å². The topological polar surface area (TPSA) is 110 Å². The van der Waals surface area contributed by atoms with Gasteiger partial charge in [0.25, 0.3) is 11.5 Å². The molecule has 3 aromatic heterocycles. The summed E-state index contributed by atoms with van der Waals surface area (Å²) in [6.45, 7) is 9.10. The smallest absolute Gasteiger partial charge is 0.264 e. The third kappa shape index (κ3) is 4.13. The lowest BCUT2D eigenvalue weighted by atomic mass is 10.1. The predicted molar refractivity (Wildman–Crippen MR) is 99.9 cm³/mol. The fourth-order valence-corrected chi connectivity index (χ4v) is 2.90. The number of aryl methyl sites for hydroxylation is 2. The summed E-state index contributed by atoms with van der Waals surface area (Å²) in [4.78, 5) is 23.7. The minimum Gasteiger partial charge on any atom is -0.352 e. The largest absolute Gasteiger partial charge is 0.352 e. The Morgan fingerprint density at radius 1 is 1.30 bits per heavy atom. The van der Waals surface area contributed by atoms with Crippen LogP contribution in [0.25, 0.3) is 5.82 Å². The van der Waals surface area contributed by atoms with E-state index in [0.29, 0.717) is 23.6 Å². The number of aromatic nitrogens is 6. The van der Waals surface area contributed by atoms with Crippen molar-refractivity contribution in [3.8, 4) is 5.82 Å². The van der Waals surface area contributed by atoms with E-state index < -0.39 is 0 Å². The maximum Gasteiger partial charge on any atom is 0.264 e. The summed E-state index contributed by atoms with van der Waals surface area (Å²) in [5, 5.41) is 17.9. The van der Waals surface area contributed by atoms with Gasteiger partial charge in [0.15, 0.2) is 5.82 Å². The number of nitrogens with one attached hydrogen (secondary N) is 2. The first-order valence-corrected chi connectivity index (χ1v) is 8.75. The molecular formula is C18H23N7O2. The second-order valence-electron chi connectivity index (χ2n) is 6.76. The molecule has 0 aliphatic heterocycles. The molecule has 0 saturated heterocycles. The van der Waals surface area contributed by atoms with E-state index in [1.165, 1.54) is 16.9 Å². The Hall–Kier alpha value is -3.23. The molecule has 2 N–H and O–H groups in total. The van der Waals surface area contributed by atoms with Crippen molar-refractivity contribution in [1.29, 1.82) is 0 Å².